The van der Waals surface area contributed by atoms with E-state index >= 15 is 0 Å². The molecule has 2 aromatic carbocycles. The number of ether oxygens (including phenoxy) is 2. The van der Waals surface area contributed by atoms with Gasteiger partial charge < -0.3 is 19.5 Å². The maximum absolute atomic E-state index is 13.4. The molecule has 1 unspecified atom stereocenters. The van der Waals surface area contributed by atoms with Crippen molar-refractivity contribution in [1.82, 2.24) is 9.80 Å². The molecule has 1 N–H and O–H groups in total. The van der Waals surface area contributed by atoms with E-state index in [4.69, 9.17) is 9.47 Å². The molecule has 0 saturated carbocycles. The third-order valence-electron chi connectivity index (χ3n) is 6.93. The van der Waals surface area contributed by atoms with Crippen molar-refractivity contribution in [2.75, 3.05) is 39.3 Å². The molecule has 0 aromatic heterocycles. The Morgan fingerprint density at radius 3 is 2.49 bits per heavy atom. The molecule has 0 radical (unpaired) electrons. The lowest BCUT2D eigenvalue weighted by Gasteiger charge is -2.50. The number of halogens is 3. The van der Waals surface area contributed by atoms with Gasteiger partial charge >= 0.3 is 0 Å². The molecule has 37 heavy (non-hydrogen) atoms. The Morgan fingerprint density at radius 1 is 1.22 bits per heavy atom. The number of aryl methyl sites for hydroxylation is 1. The highest BCUT2D eigenvalue weighted by Crippen LogP contribution is 2.38. The summed E-state index contributed by atoms with van der Waals surface area (Å²) in [5.41, 5.74) is 0.460. The summed E-state index contributed by atoms with van der Waals surface area (Å²) in [6.45, 7) is 6.50. The minimum atomic E-state index is -2.47. The molecule has 6 nitrogen and oxygen atoms in total. The summed E-state index contributed by atoms with van der Waals surface area (Å²) >= 11 is 0. The van der Waals surface area contributed by atoms with Crippen LogP contribution in [0.15, 0.2) is 42.5 Å². The molecule has 2 aromatic rings. The van der Waals surface area contributed by atoms with Gasteiger partial charge in [-0.15, -0.1) is 0 Å². The average molecular weight is 523 g/mol. The lowest BCUT2D eigenvalue weighted by molar-refractivity contribution is -0.180. The Labute approximate surface area is 217 Å². The molecule has 1 spiro atoms. The first-order chi connectivity index (χ1) is 17.4. The summed E-state index contributed by atoms with van der Waals surface area (Å²) < 4.78 is 52.2. The Kier molecular flexibility index (Phi) is 8.16. The number of carbonyl (C=O) groups excluding carboxylic acids is 1. The van der Waals surface area contributed by atoms with E-state index in [1.54, 1.807) is 54.0 Å². The summed E-state index contributed by atoms with van der Waals surface area (Å²) in [5.74, 6) is 0.137. The fourth-order valence-electron chi connectivity index (χ4n) is 5.04. The van der Waals surface area contributed by atoms with E-state index in [1.165, 1.54) is 12.1 Å². The number of piperidine rings is 1. The van der Waals surface area contributed by atoms with Gasteiger partial charge in [0.05, 0.1) is 23.9 Å². The fraction of sp³-hybridized carbons (Fsp3) is 0.536. The van der Waals surface area contributed by atoms with E-state index in [0.717, 1.165) is 11.1 Å². The van der Waals surface area contributed by atoms with Gasteiger partial charge in [0.1, 0.15) is 18.2 Å². The quantitative estimate of drug-likeness (QED) is 0.564. The number of nitrogens with zero attached hydrogens (tertiary/aromatic N) is 2. The zero-order chi connectivity index (χ0) is 26.8. The first kappa shape index (κ1) is 27.4. The first-order valence-corrected chi connectivity index (χ1v) is 12.6. The zero-order valence-electron chi connectivity index (χ0n) is 21.6. The van der Waals surface area contributed by atoms with Gasteiger partial charge in [-0.25, -0.2) is 13.2 Å². The van der Waals surface area contributed by atoms with Gasteiger partial charge in [0.15, 0.2) is 0 Å². The van der Waals surface area contributed by atoms with Crippen molar-refractivity contribution < 1.29 is 34.0 Å². The number of morpholine rings is 1. The molecule has 0 aliphatic carbocycles. The number of alkyl halides is 2. The van der Waals surface area contributed by atoms with Crippen LogP contribution in [0.4, 0.5) is 13.2 Å². The van der Waals surface area contributed by atoms with Crippen molar-refractivity contribution in [3.05, 3.63) is 65.0 Å². The van der Waals surface area contributed by atoms with Crippen molar-refractivity contribution in [2.24, 2.45) is 0 Å². The summed E-state index contributed by atoms with van der Waals surface area (Å²) in [5, 5.41) is 9.89. The van der Waals surface area contributed by atoms with Gasteiger partial charge in [-0.05, 0) is 75.1 Å². The minimum absolute atomic E-state index is 0. The topological polar surface area (TPSA) is 62.2 Å². The SMILES string of the molecule is Cc1cc(C(=O)N2CCC3(CC2)CN(CC(F)F)CC(c2ccc(F)cc2)O3)ccc1OCC(C)(C)O.[HH]. The van der Waals surface area contributed by atoms with Crippen LogP contribution in [-0.2, 0) is 4.74 Å². The zero-order valence-corrected chi connectivity index (χ0v) is 21.6. The van der Waals surface area contributed by atoms with Crippen molar-refractivity contribution in [2.45, 2.75) is 57.3 Å². The highest BCUT2D eigenvalue weighted by molar-refractivity contribution is 5.94. The van der Waals surface area contributed by atoms with Crippen molar-refractivity contribution in [1.29, 1.82) is 0 Å². The standard InChI is InChI=1S/C28H35F3N2O4.H2/c1-19-14-21(6-9-23(19)36-18-27(2,3)35)26(34)33-12-10-28(11-13-33)17-32(16-25(30)31)15-24(37-28)20-4-7-22(29)8-5-20;/h4-9,14,24-25,35H,10-13,15-18H2,1-3H3;1H. The number of hydrogen-bond acceptors (Lipinski definition) is 5. The Balaban J connectivity index is 0.00000400. The van der Waals surface area contributed by atoms with E-state index < -0.39 is 23.7 Å². The normalized spacial score (nSPS) is 20.4. The highest BCUT2D eigenvalue weighted by atomic mass is 19.3. The van der Waals surface area contributed by atoms with Crippen LogP contribution in [-0.4, -0.2) is 77.8 Å². The molecule has 1 atom stereocenters. The second kappa shape index (κ2) is 11.0. The van der Waals surface area contributed by atoms with Gasteiger partial charge in [0.25, 0.3) is 12.3 Å². The number of rotatable bonds is 7. The molecule has 0 bridgehead atoms. The molecule has 2 aliphatic rings. The number of hydrogen-bond donors (Lipinski definition) is 1. The van der Waals surface area contributed by atoms with Gasteiger partial charge in [0, 0.05) is 33.2 Å². The van der Waals surface area contributed by atoms with E-state index in [2.05, 4.69) is 0 Å². The summed E-state index contributed by atoms with van der Waals surface area (Å²) in [6, 6.07) is 11.2. The maximum Gasteiger partial charge on any atom is 0.253 e. The third-order valence-corrected chi connectivity index (χ3v) is 6.93. The Morgan fingerprint density at radius 2 is 1.89 bits per heavy atom. The lowest BCUT2D eigenvalue weighted by atomic mass is 9.87. The molecule has 2 fully saturated rings. The van der Waals surface area contributed by atoms with Crippen molar-refractivity contribution in [3.63, 3.8) is 0 Å². The molecule has 1 amide bonds. The monoisotopic (exact) mass is 522 g/mol. The van der Waals surface area contributed by atoms with Crippen LogP contribution >= 0.6 is 0 Å². The number of benzene rings is 2. The van der Waals surface area contributed by atoms with Gasteiger partial charge in [0.2, 0.25) is 0 Å². The van der Waals surface area contributed by atoms with Crippen LogP contribution < -0.4 is 4.74 Å². The van der Waals surface area contributed by atoms with E-state index in [9.17, 15) is 23.1 Å². The largest absolute Gasteiger partial charge is 0.490 e. The third kappa shape index (κ3) is 7.03. The smallest absolute Gasteiger partial charge is 0.253 e. The second-order valence-electron chi connectivity index (χ2n) is 10.8. The molecule has 2 saturated heterocycles. The number of amides is 1. The summed E-state index contributed by atoms with van der Waals surface area (Å²) in [4.78, 5) is 16.7. The number of aliphatic hydroxyl groups is 1. The fourth-order valence-corrected chi connectivity index (χ4v) is 5.04. The van der Waals surface area contributed by atoms with Crippen LogP contribution in [0.25, 0.3) is 0 Å². The van der Waals surface area contributed by atoms with E-state index in [0.29, 0.717) is 50.3 Å². The molecule has 2 heterocycles. The second-order valence-corrected chi connectivity index (χ2v) is 10.8. The number of likely N-dealkylation sites (tertiary alicyclic amines) is 1. The highest BCUT2D eigenvalue weighted by Gasteiger charge is 2.44. The van der Waals surface area contributed by atoms with Gasteiger partial charge in [-0.1, -0.05) is 12.1 Å². The molecule has 2 aliphatic heterocycles. The number of carbonyl (C=O) groups is 1. The average Bonchev–Trinajstić information content (AvgIpc) is 2.82. The van der Waals surface area contributed by atoms with E-state index in [-0.39, 0.29) is 26.3 Å². The van der Waals surface area contributed by atoms with Crippen LogP contribution in [0.5, 0.6) is 5.75 Å². The summed E-state index contributed by atoms with van der Waals surface area (Å²) in [6.07, 6.45) is -1.89. The predicted octanol–water partition coefficient (Wildman–Crippen LogP) is 4.84. The first-order valence-electron chi connectivity index (χ1n) is 12.6. The Bertz CT molecular complexity index is 1090. The molecule has 9 heteroatoms. The van der Waals surface area contributed by atoms with Crippen LogP contribution in [0, 0.1) is 12.7 Å². The maximum atomic E-state index is 13.4. The van der Waals surface area contributed by atoms with Crippen LogP contribution in [0.2, 0.25) is 0 Å². The van der Waals surface area contributed by atoms with Crippen LogP contribution in [0.1, 0.15) is 55.7 Å². The van der Waals surface area contributed by atoms with Crippen molar-refractivity contribution >= 4 is 5.91 Å². The van der Waals surface area contributed by atoms with Gasteiger partial charge in [-0.2, -0.15) is 0 Å². The van der Waals surface area contributed by atoms with Crippen LogP contribution in [0.3, 0.4) is 0 Å². The van der Waals surface area contributed by atoms with Gasteiger partial charge in [-0.3, -0.25) is 9.69 Å². The molecule has 204 valence electrons. The molecular formula is C28H37F3N2O4. The van der Waals surface area contributed by atoms with Crippen molar-refractivity contribution in [3.8, 4) is 5.75 Å². The Hall–Kier alpha value is -2.62. The minimum Gasteiger partial charge on any atom is -0.490 e. The summed E-state index contributed by atoms with van der Waals surface area (Å²) in [7, 11) is 0. The molecular weight excluding hydrogens is 485 g/mol. The van der Waals surface area contributed by atoms with E-state index in [1.807, 2.05) is 6.92 Å². The predicted molar refractivity (Wildman–Crippen MR) is 136 cm³/mol. The lowest BCUT2D eigenvalue weighted by Crippen LogP contribution is -2.58. The molecule has 4 rings (SSSR count).